The summed E-state index contributed by atoms with van der Waals surface area (Å²) in [6.07, 6.45) is 2.22. The van der Waals surface area contributed by atoms with Crippen LogP contribution in [0.2, 0.25) is 10.3 Å². The fourth-order valence-corrected chi connectivity index (χ4v) is 4.60. The van der Waals surface area contributed by atoms with Crippen LogP contribution in [0.1, 0.15) is 13.3 Å². The number of rotatable bonds is 4. The fourth-order valence-electron chi connectivity index (χ4n) is 2.61. The number of para-hydroxylation sites is 1. The molecule has 1 aliphatic heterocycles. The summed E-state index contributed by atoms with van der Waals surface area (Å²) in [5.41, 5.74) is 0.397. The summed E-state index contributed by atoms with van der Waals surface area (Å²) >= 11 is 11.8. The summed E-state index contributed by atoms with van der Waals surface area (Å²) < 4.78 is 27.4. The molecule has 1 aliphatic rings. The number of nitrogens with one attached hydrogen (secondary N) is 1. The molecule has 0 bridgehead atoms. The quantitative estimate of drug-likeness (QED) is 0.812. The molecule has 6 nitrogen and oxygen atoms in total. The number of anilines is 2. The van der Waals surface area contributed by atoms with E-state index in [1.807, 2.05) is 6.92 Å². The zero-order valence-corrected chi connectivity index (χ0v) is 15.2. The molecule has 2 heterocycles. The maximum absolute atomic E-state index is 12.9. The number of hydrogen-bond acceptors (Lipinski definition) is 5. The number of sulfonamides is 1. The summed E-state index contributed by atoms with van der Waals surface area (Å²) in [5.74, 6) is 0.615. The largest absolute Gasteiger partial charge is 0.338 e. The average Bonchev–Trinajstić information content (AvgIpc) is 2.99. The van der Waals surface area contributed by atoms with E-state index in [1.54, 1.807) is 24.3 Å². The third-order valence-corrected chi connectivity index (χ3v) is 6.24. The van der Waals surface area contributed by atoms with Gasteiger partial charge in [-0.2, -0.15) is 9.29 Å². The van der Waals surface area contributed by atoms with Gasteiger partial charge in [0, 0.05) is 13.1 Å². The molecule has 1 aromatic carbocycles. The van der Waals surface area contributed by atoms with Crippen LogP contribution in [0.15, 0.2) is 35.4 Å². The van der Waals surface area contributed by atoms with Crippen molar-refractivity contribution in [2.24, 2.45) is 5.92 Å². The van der Waals surface area contributed by atoms with Gasteiger partial charge in [0.2, 0.25) is 15.3 Å². The van der Waals surface area contributed by atoms with E-state index in [4.69, 9.17) is 23.2 Å². The second kappa shape index (κ2) is 6.84. The summed E-state index contributed by atoms with van der Waals surface area (Å²) in [5, 5.41) is 3.22. The Morgan fingerprint density at radius 3 is 2.75 bits per heavy atom. The first-order valence-electron chi connectivity index (χ1n) is 7.42. The van der Waals surface area contributed by atoms with Crippen molar-refractivity contribution in [2.45, 2.75) is 18.2 Å². The highest BCUT2D eigenvalue weighted by Crippen LogP contribution is 2.31. The number of hydrogen-bond donors (Lipinski definition) is 1. The van der Waals surface area contributed by atoms with Gasteiger partial charge in [-0.3, -0.25) is 0 Å². The molecule has 0 radical (unpaired) electrons. The number of aromatic nitrogens is 2. The normalized spacial score (nSPS) is 18.7. The Morgan fingerprint density at radius 1 is 1.29 bits per heavy atom. The lowest BCUT2D eigenvalue weighted by molar-refractivity contribution is 0.465. The first-order chi connectivity index (χ1) is 11.4. The fraction of sp³-hybridized carbons (Fsp3) is 0.333. The second-order valence-electron chi connectivity index (χ2n) is 5.71. The minimum absolute atomic E-state index is 0.0237. The van der Waals surface area contributed by atoms with Crippen molar-refractivity contribution < 1.29 is 8.42 Å². The van der Waals surface area contributed by atoms with Crippen LogP contribution in [-0.4, -0.2) is 35.8 Å². The van der Waals surface area contributed by atoms with Crippen molar-refractivity contribution >= 4 is 44.7 Å². The summed E-state index contributed by atoms with van der Waals surface area (Å²) in [6.45, 7) is 3.09. The Kier molecular flexibility index (Phi) is 4.96. The Labute approximate surface area is 150 Å². The summed E-state index contributed by atoms with van der Waals surface area (Å²) in [6, 6.07) is 6.66. The van der Waals surface area contributed by atoms with Gasteiger partial charge in [-0.1, -0.05) is 30.7 Å². The predicted molar refractivity (Wildman–Crippen MR) is 94.3 cm³/mol. The van der Waals surface area contributed by atoms with Crippen LogP contribution < -0.4 is 5.32 Å². The van der Waals surface area contributed by atoms with Gasteiger partial charge in [-0.25, -0.2) is 13.4 Å². The highest BCUT2D eigenvalue weighted by molar-refractivity contribution is 7.89. The van der Waals surface area contributed by atoms with E-state index in [0.717, 1.165) is 6.42 Å². The molecule has 1 saturated heterocycles. The molecule has 3 rings (SSSR count). The first kappa shape index (κ1) is 17.4. The van der Waals surface area contributed by atoms with Gasteiger partial charge >= 0.3 is 0 Å². The SMILES string of the molecule is CC1CCN(S(=O)(=O)c2ccccc2Nc2nc(Cl)ncc2Cl)C1. The Bertz CT molecular complexity index is 860. The van der Waals surface area contributed by atoms with Gasteiger partial charge in [0.25, 0.3) is 0 Å². The van der Waals surface area contributed by atoms with Crippen LogP contribution in [0.5, 0.6) is 0 Å². The monoisotopic (exact) mass is 386 g/mol. The van der Waals surface area contributed by atoms with Gasteiger partial charge in [-0.05, 0) is 36.1 Å². The second-order valence-corrected chi connectivity index (χ2v) is 8.37. The predicted octanol–water partition coefficient (Wildman–Crippen LogP) is 3.56. The maximum Gasteiger partial charge on any atom is 0.245 e. The molecule has 2 aromatic rings. The number of halogens is 2. The molecular formula is C15H16Cl2N4O2S. The van der Waals surface area contributed by atoms with Crippen LogP contribution in [-0.2, 0) is 10.0 Å². The van der Waals surface area contributed by atoms with Crippen molar-refractivity contribution in [3.05, 3.63) is 40.8 Å². The van der Waals surface area contributed by atoms with Crippen LogP contribution in [0, 0.1) is 5.92 Å². The molecule has 1 N–H and O–H groups in total. The van der Waals surface area contributed by atoms with Crippen LogP contribution in [0.4, 0.5) is 11.5 Å². The Balaban J connectivity index is 1.98. The molecule has 128 valence electrons. The smallest absolute Gasteiger partial charge is 0.245 e. The summed E-state index contributed by atoms with van der Waals surface area (Å²) in [4.78, 5) is 7.97. The Morgan fingerprint density at radius 2 is 2.04 bits per heavy atom. The third kappa shape index (κ3) is 3.49. The zero-order chi connectivity index (χ0) is 17.3. The summed E-state index contributed by atoms with van der Waals surface area (Å²) in [7, 11) is -3.59. The third-order valence-electron chi connectivity index (χ3n) is 3.86. The Hall–Kier alpha value is -1.41. The number of nitrogens with zero attached hydrogens (tertiary/aromatic N) is 3. The van der Waals surface area contributed by atoms with E-state index in [0.29, 0.717) is 24.7 Å². The van der Waals surface area contributed by atoms with E-state index in [-0.39, 0.29) is 21.0 Å². The van der Waals surface area contributed by atoms with Crippen LogP contribution in [0.25, 0.3) is 0 Å². The van der Waals surface area contributed by atoms with Gasteiger partial charge in [0.1, 0.15) is 9.92 Å². The maximum atomic E-state index is 12.9. The van der Waals surface area contributed by atoms with Gasteiger partial charge < -0.3 is 5.32 Å². The molecule has 9 heteroatoms. The first-order valence-corrected chi connectivity index (χ1v) is 9.62. The topological polar surface area (TPSA) is 75.2 Å². The molecule has 1 atom stereocenters. The highest BCUT2D eigenvalue weighted by atomic mass is 35.5. The van der Waals surface area contributed by atoms with Crippen molar-refractivity contribution in [3.63, 3.8) is 0 Å². The van der Waals surface area contributed by atoms with Crippen molar-refractivity contribution in [2.75, 3.05) is 18.4 Å². The average molecular weight is 387 g/mol. The van der Waals surface area contributed by atoms with E-state index in [9.17, 15) is 8.42 Å². The van der Waals surface area contributed by atoms with E-state index < -0.39 is 10.0 Å². The van der Waals surface area contributed by atoms with Crippen molar-refractivity contribution in [1.82, 2.24) is 14.3 Å². The lowest BCUT2D eigenvalue weighted by Gasteiger charge is -2.19. The van der Waals surface area contributed by atoms with E-state index >= 15 is 0 Å². The minimum atomic E-state index is -3.59. The molecule has 1 unspecified atom stereocenters. The van der Waals surface area contributed by atoms with Gasteiger partial charge in [0.15, 0.2) is 5.82 Å². The lowest BCUT2D eigenvalue weighted by Crippen LogP contribution is -2.29. The molecule has 1 aromatic heterocycles. The van der Waals surface area contributed by atoms with Gasteiger partial charge in [0.05, 0.1) is 11.9 Å². The van der Waals surface area contributed by atoms with E-state index in [1.165, 1.54) is 10.5 Å². The minimum Gasteiger partial charge on any atom is -0.338 e. The van der Waals surface area contributed by atoms with Crippen molar-refractivity contribution in [3.8, 4) is 0 Å². The van der Waals surface area contributed by atoms with E-state index in [2.05, 4.69) is 15.3 Å². The zero-order valence-electron chi connectivity index (χ0n) is 12.9. The molecule has 0 spiro atoms. The molecule has 0 amide bonds. The standard InChI is InChI=1S/C15H16Cl2N4O2S/c1-10-6-7-21(9-10)24(22,23)13-5-3-2-4-12(13)19-14-11(16)8-18-15(17)20-14/h2-5,8,10H,6-7,9H2,1H3,(H,18,19,20). The van der Waals surface area contributed by atoms with Gasteiger partial charge in [-0.15, -0.1) is 0 Å². The van der Waals surface area contributed by atoms with Crippen LogP contribution in [0.3, 0.4) is 0 Å². The highest BCUT2D eigenvalue weighted by Gasteiger charge is 2.32. The molecule has 0 aliphatic carbocycles. The van der Waals surface area contributed by atoms with Crippen LogP contribution >= 0.6 is 23.2 Å². The number of benzene rings is 1. The molecular weight excluding hydrogens is 371 g/mol. The molecule has 0 saturated carbocycles. The van der Waals surface area contributed by atoms with Crippen molar-refractivity contribution in [1.29, 1.82) is 0 Å². The molecule has 24 heavy (non-hydrogen) atoms. The molecule has 1 fully saturated rings. The lowest BCUT2D eigenvalue weighted by atomic mass is 10.2.